The van der Waals surface area contributed by atoms with Crippen molar-refractivity contribution in [1.82, 2.24) is 0 Å². The van der Waals surface area contributed by atoms with Gasteiger partial charge in [0.25, 0.3) is 0 Å². The number of halogens is 2. The lowest BCUT2D eigenvalue weighted by atomic mass is 10.2. The maximum absolute atomic E-state index is 12.4. The summed E-state index contributed by atoms with van der Waals surface area (Å²) in [6.07, 6.45) is 2.61. The quantitative estimate of drug-likeness (QED) is 0.523. The predicted molar refractivity (Wildman–Crippen MR) is 40.3 cm³/mol. The molecular weight excluding hydrogens is 159 g/mol. The van der Waals surface area contributed by atoms with Crippen LogP contribution in [0.2, 0.25) is 0 Å². The minimum Gasteiger partial charge on any atom is -0.210 e. The molecule has 0 amide bonds. The van der Waals surface area contributed by atoms with E-state index in [4.69, 9.17) is 11.6 Å². The van der Waals surface area contributed by atoms with Gasteiger partial charge in [-0.1, -0.05) is 11.6 Å². The third-order valence-corrected chi connectivity index (χ3v) is 1.82. The molecule has 0 saturated heterocycles. The SMILES string of the molecule is FC1=C(Cl)C=C(S)CC1. The van der Waals surface area contributed by atoms with Crippen molar-refractivity contribution in [3.8, 4) is 0 Å². The highest BCUT2D eigenvalue weighted by Gasteiger charge is 2.08. The first-order chi connectivity index (χ1) is 4.20. The minimum atomic E-state index is -0.227. The number of hydrogen-bond donors (Lipinski definition) is 1. The maximum atomic E-state index is 12.4. The Morgan fingerprint density at radius 3 is 2.67 bits per heavy atom. The van der Waals surface area contributed by atoms with Crippen LogP contribution in [-0.4, -0.2) is 0 Å². The second-order valence-corrected chi connectivity index (χ2v) is 2.87. The summed E-state index contributed by atoms with van der Waals surface area (Å²) in [7, 11) is 0. The van der Waals surface area contributed by atoms with Gasteiger partial charge in [0.1, 0.15) is 5.83 Å². The molecule has 0 radical (unpaired) electrons. The molecule has 9 heavy (non-hydrogen) atoms. The highest BCUT2D eigenvalue weighted by atomic mass is 35.5. The monoisotopic (exact) mass is 164 g/mol. The second-order valence-electron chi connectivity index (χ2n) is 1.89. The van der Waals surface area contributed by atoms with Gasteiger partial charge in [0.05, 0.1) is 5.03 Å². The highest BCUT2D eigenvalue weighted by Crippen LogP contribution is 2.28. The van der Waals surface area contributed by atoms with Crippen LogP contribution >= 0.6 is 24.2 Å². The maximum Gasteiger partial charge on any atom is 0.119 e. The van der Waals surface area contributed by atoms with Gasteiger partial charge < -0.3 is 0 Å². The fraction of sp³-hybridized carbons (Fsp3) is 0.333. The Balaban J connectivity index is 2.83. The Morgan fingerprint density at radius 2 is 2.22 bits per heavy atom. The number of allylic oxidation sites excluding steroid dienone is 4. The molecule has 0 aromatic rings. The molecule has 0 aromatic heterocycles. The molecule has 0 atom stereocenters. The zero-order valence-corrected chi connectivity index (χ0v) is 6.35. The van der Waals surface area contributed by atoms with Crippen LogP contribution in [0.1, 0.15) is 12.8 Å². The van der Waals surface area contributed by atoms with E-state index in [-0.39, 0.29) is 10.9 Å². The Kier molecular flexibility index (Phi) is 2.19. The Hall–Kier alpha value is 0.0500. The van der Waals surface area contributed by atoms with E-state index in [0.717, 1.165) is 4.91 Å². The lowest BCUT2D eigenvalue weighted by molar-refractivity contribution is 0.583. The van der Waals surface area contributed by atoms with Gasteiger partial charge in [-0.2, -0.15) is 0 Å². The minimum absolute atomic E-state index is 0.200. The van der Waals surface area contributed by atoms with Crippen molar-refractivity contribution < 1.29 is 4.39 Å². The first-order valence-corrected chi connectivity index (χ1v) is 3.46. The molecule has 50 valence electrons. The number of hydrogen-bond acceptors (Lipinski definition) is 1. The Labute approximate surface area is 63.8 Å². The molecule has 0 saturated carbocycles. The van der Waals surface area contributed by atoms with Crippen LogP contribution in [0.25, 0.3) is 0 Å². The van der Waals surface area contributed by atoms with Gasteiger partial charge in [-0.15, -0.1) is 12.6 Å². The molecule has 0 nitrogen and oxygen atoms in total. The van der Waals surface area contributed by atoms with Crippen molar-refractivity contribution >= 4 is 24.2 Å². The van der Waals surface area contributed by atoms with Gasteiger partial charge in [0.15, 0.2) is 0 Å². The van der Waals surface area contributed by atoms with E-state index in [1.807, 2.05) is 0 Å². The van der Waals surface area contributed by atoms with E-state index in [2.05, 4.69) is 12.6 Å². The highest BCUT2D eigenvalue weighted by molar-refractivity contribution is 7.84. The lowest BCUT2D eigenvalue weighted by Crippen LogP contribution is -1.87. The van der Waals surface area contributed by atoms with Gasteiger partial charge in [-0.25, -0.2) is 4.39 Å². The summed E-state index contributed by atoms with van der Waals surface area (Å²) >= 11 is 9.48. The largest absolute Gasteiger partial charge is 0.210 e. The van der Waals surface area contributed by atoms with Gasteiger partial charge in [-0.3, -0.25) is 0 Å². The predicted octanol–water partition coefficient (Wildman–Crippen LogP) is 3.01. The molecule has 1 aliphatic rings. The van der Waals surface area contributed by atoms with Crippen LogP contribution in [0.15, 0.2) is 21.8 Å². The van der Waals surface area contributed by atoms with E-state index < -0.39 is 0 Å². The fourth-order valence-electron chi connectivity index (χ4n) is 0.654. The van der Waals surface area contributed by atoms with Gasteiger partial charge in [-0.05, 0) is 17.4 Å². The molecule has 0 unspecified atom stereocenters. The van der Waals surface area contributed by atoms with E-state index in [1.54, 1.807) is 6.08 Å². The van der Waals surface area contributed by atoms with Gasteiger partial charge >= 0.3 is 0 Å². The van der Waals surface area contributed by atoms with Crippen LogP contribution in [0, 0.1) is 0 Å². The summed E-state index contributed by atoms with van der Waals surface area (Å²) in [6.45, 7) is 0. The number of rotatable bonds is 0. The molecule has 1 aliphatic carbocycles. The molecule has 0 bridgehead atoms. The van der Waals surface area contributed by atoms with E-state index in [9.17, 15) is 4.39 Å². The van der Waals surface area contributed by atoms with Crippen LogP contribution in [0.3, 0.4) is 0 Å². The Bertz CT molecular complexity index is 183. The molecule has 0 aromatic carbocycles. The zero-order valence-electron chi connectivity index (χ0n) is 4.69. The summed E-state index contributed by atoms with van der Waals surface area (Å²) in [5.41, 5.74) is 0. The van der Waals surface area contributed by atoms with E-state index >= 15 is 0 Å². The molecule has 3 heteroatoms. The first kappa shape index (κ1) is 7.16. The van der Waals surface area contributed by atoms with Crippen LogP contribution in [0.5, 0.6) is 0 Å². The molecule has 0 spiro atoms. The number of thiol groups is 1. The molecule has 0 heterocycles. The molecule has 0 fully saturated rings. The normalized spacial score (nSPS) is 20.1. The third kappa shape index (κ3) is 1.73. The van der Waals surface area contributed by atoms with Crippen LogP contribution < -0.4 is 0 Å². The average Bonchev–Trinajstić information content (AvgIpc) is 1.80. The molecule has 0 aliphatic heterocycles. The van der Waals surface area contributed by atoms with Crippen LogP contribution in [0.4, 0.5) is 4.39 Å². The van der Waals surface area contributed by atoms with Crippen molar-refractivity contribution in [1.29, 1.82) is 0 Å². The molecular formula is C6H6ClFS. The lowest BCUT2D eigenvalue weighted by Gasteiger charge is -2.05. The first-order valence-electron chi connectivity index (χ1n) is 2.64. The standard InChI is InChI=1S/C6H6ClFS/c7-5-3-4(9)1-2-6(5)8/h3,9H,1-2H2. The fourth-order valence-corrected chi connectivity index (χ4v) is 1.20. The van der Waals surface area contributed by atoms with Crippen molar-refractivity contribution in [2.24, 2.45) is 0 Å². The van der Waals surface area contributed by atoms with Crippen molar-refractivity contribution in [2.75, 3.05) is 0 Å². The summed E-state index contributed by atoms with van der Waals surface area (Å²) in [5.74, 6) is -0.227. The van der Waals surface area contributed by atoms with Crippen molar-refractivity contribution in [3.05, 3.63) is 21.8 Å². The Morgan fingerprint density at radius 1 is 1.56 bits per heavy atom. The summed E-state index contributed by atoms with van der Waals surface area (Å²) < 4.78 is 12.4. The summed E-state index contributed by atoms with van der Waals surface area (Å²) in [4.78, 5) is 0.849. The van der Waals surface area contributed by atoms with Gasteiger partial charge in [0, 0.05) is 6.42 Å². The van der Waals surface area contributed by atoms with Crippen molar-refractivity contribution in [3.63, 3.8) is 0 Å². The average molecular weight is 165 g/mol. The third-order valence-electron chi connectivity index (χ3n) is 1.15. The summed E-state index contributed by atoms with van der Waals surface area (Å²) in [6, 6.07) is 0. The van der Waals surface area contributed by atoms with Gasteiger partial charge in [0.2, 0.25) is 0 Å². The molecule has 0 N–H and O–H groups in total. The van der Waals surface area contributed by atoms with E-state index in [0.29, 0.717) is 12.8 Å². The molecule has 1 rings (SSSR count). The van der Waals surface area contributed by atoms with E-state index in [1.165, 1.54) is 0 Å². The smallest absolute Gasteiger partial charge is 0.119 e. The summed E-state index contributed by atoms with van der Waals surface area (Å²) in [5, 5.41) is 0.200. The second kappa shape index (κ2) is 2.76. The van der Waals surface area contributed by atoms with Crippen LogP contribution in [-0.2, 0) is 0 Å². The zero-order chi connectivity index (χ0) is 6.85. The topological polar surface area (TPSA) is 0 Å². The van der Waals surface area contributed by atoms with Crippen molar-refractivity contribution in [2.45, 2.75) is 12.8 Å².